The Morgan fingerprint density at radius 2 is 1.70 bits per heavy atom. The lowest BCUT2D eigenvalue weighted by molar-refractivity contribution is -0.249. The normalized spacial score (nSPS) is 13.2. The van der Waals surface area contributed by atoms with Gasteiger partial charge in [0.25, 0.3) is 11.6 Å². The van der Waals surface area contributed by atoms with Crippen LogP contribution in [0, 0.1) is 0 Å². The summed E-state index contributed by atoms with van der Waals surface area (Å²) in [5, 5.41) is 1.92. The summed E-state index contributed by atoms with van der Waals surface area (Å²) in [5.41, 5.74) is -2.90. The Morgan fingerprint density at radius 3 is 2.27 bits per heavy atom. The number of aromatic nitrogens is 2. The third-order valence-electron chi connectivity index (χ3n) is 4.87. The molecule has 3 rings (SSSR count). The number of benzene rings is 1. The second-order valence-electron chi connectivity index (χ2n) is 7.06. The van der Waals surface area contributed by atoms with E-state index >= 15 is 0 Å². The highest BCUT2D eigenvalue weighted by Crippen LogP contribution is 2.37. The fourth-order valence-corrected chi connectivity index (χ4v) is 3.29. The zero-order valence-corrected chi connectivity index (χ0v) is 17.6. The van der Waals surface area contributed by atoms with Gasteiger partial charge in [-0.2, -0.15) is 13.2 Å². The van der Waals surface area contributed by atoms with Gasteiger partial charge < -0.3 is 10.1 Å². The van der Waals surface area contributed by atoms with Gasteiger partial charge in [0.15, 0.2) is 0 Å². The van der Waals surface area contributed by atoms with Gasteiger partial charge in [0, 0.05) is 37.2 Å². The monoisotopic (exact) mass is 458 g/mol. The molecule has 0 aliphatic carbocycles. The van der Waals surface area contributed by atoms with Crippen LogP contribution in [0.1, 0.15) is 21.6 Å². The molecule has 0 spiro atoms. The first kappa shape index (κ1) is 23.9. The van der Waals surface area contributed by atoms with Crippen LogP contribution >= 0.6 is 0 Å². The second kappa shape index (κ2) is 10.2. The van der Waals surface area contributed by atoms with E-state index in [9.17, 15) is 22.8 Å². The van der Waals surface area contributed by atoms with Gasteiger partial charge in [-0.25, -0.2) is 4.79 Å². The number of methoxy groups -OCH3 is 1. The van der Waals surface area contributed by atoms with E-state index in [1.54, 1.807) is 30.3 Å². The minimum atomic E-state index is -5.25. The van der Waals surface area contributed by atoms with Crippen LogP contribution < -0.4 is 5.32 Å². The summed E-state index contributed by atoms with van der Waals surface area (Å²) in [5.74, 6) is -2.77. The van der Waals surface area contributed by atoms with Crippen molar-refractivity contribution in [3.63, 3.8) is 0 Å². The molecule has 0 saturated carbocycles. The number of amides is 1. The Labute approximate surface area is 188 Å². The van der Waals surface area contributed by atoms with E-state index in [0.717, 1.165) is 12.0 Å². The van der Waals surface area contributed by atoms with Gasteiger partial charge in [0.2, 0.25) is 0 Å². The summed E-state index contributed by atoms with van der Waals surface area (Å²) in [4.78, 5) is 34.5. The molecule has 1 aromatic carbocycles. The number of ether oxygens (including phenoxy) is 1. The standard InChI is InChI=1S/C23H21F3N4O3/c1-33-21(32)22(23(24,25)26,29-20(31)18-9-3-2-4-10-18)30(15-17-8-7-12-27-14-17)16-19-11-5-6-13-28-19/h2-14H,15-16H2,1H3,(H,29,31). The second-order valence-corrected chi connectivity index (χ2v) is 7.06. The van der Waals surface area contributed by atoms with E-state index in [4.69, 9.17) is 0 Å². The molecule has 33 heavy (non-hydrogen) atoms. The van der Waals surface area contributed by atoms with Gasteiger partial charge in [0.1, 0.15) is 0 Å². The van der Waals surface area contributed by atoms with Crippen LogP contribution in [0.15, 0.2) is 79.3 Å². The number of nitrogens with zero attached hydrogens (tertiary/aromatic N) is 3. The summed E-state index contributed by atoms with van der Waals surface area (Å²) < 4.78 is 48.8. The van der Waals surface area contributed by atoms with Crippen molar-refractivity contribution < 1.29 is 27.5 Å². The van der Waals surface area contributed by atoms with Crippen molar-refractivity contribution >= 4 is 11.9 Å². The van der Waals surface area contributed by atoms with Crippen LogP contribution in [0.3, 0.4) is 0 Å². The Bertz CT molecular complexity index is 1030. The highest BCUT2D eigenvalue weighted by Gasteiger charge is 2.66. The largest absolute Gasteiger partial charge is 0.466 e. The first-order valence-electron chi connectivity index (χ1n) is 9.84. The Kier molecular flexibility index (Phi) is 7.39. The van der Waals surface area contributed by atoms with Crippen LogP contribution in [0.2, 0.25) is 0 Å². The fourth-order valence-electron chi connectivity index (χ4n) is 3.29. The lowest BCUT2D eigenvalue weighted by atomic mass is 10.0. The molecule has 2 heterocycles. The topological polar surface area (TPSA) is 84.4 Å². The Hall–Kier alpha value is -3.79. The molecule has 0 radical (unpaired) electrons. The summed E-state index contributed by atoms with van der Waals surface area (Å²) in [6.07, 6.45) is -0.973. The number of rotatable bonds is 8. The smallest absolute Gasteiger partial charge is 0.436 e. The van der Waals surface area contributed by atoms with E-state index in [-0.39, 0.29) is 17.8 Å². The average molecular weight is 458 g/mol. The lowest BCUT2D eigenvalue weighted by Gasteiger charge is -2.42. The predicted octanol–water partition coefficient (Wildman–Crippen LogP) is 3.34. The predicted molar refractivity (Wildman–Crippen MR) is 112 cm³/mol. The third kappa shape index (κ3) is 5.35. The van der Waals surface area contributed by atoms with E-state index in [1.807, 2.05) is 5.32 Å². The average Bonchev–Trinajstić information content (AvgIpc) is 2.82. The molecular formula is C23H21F3N4O3. The highest BCUT2D eigenvalue weighted by atomic mass is 19.4. The number of carbonyl (C=O) groups excluding carboxylic acids is 2. The number of carbonyl (C=O) groups is 2. The van der Waals surface area contributed by atoms with Gasteiger partial charge in [-0.3, -0.25) is 19.7 Å². The lowest BCUT2D eigenvalue weighted by Crippen LogP contribution is -2.73. The number of pyridine rings is 2. The molecule has 0 bridgehead atoms. The minimum Gasteiger partial charge on any atom is -0.466 e. The molecule has 7 nitrogen and oxygen atoms in total. The van der Waals surface area contributed by atoms with Crippen molar-refractivity contribution in [3.8, 4) is 0 Å². The van der Waals surface area contributed by atoms with Crippen LogP contribution in [-0.4, -0.2) is 45.7 Å². The fraction of sp³-hybridized carbons (Fsp3) is 0.217. The summed E-state index contributed by atoms with van der Waals surface area (Å²) in [6, 6.07) is 15.2. The van der Waals surface area contributed by atoms with Crippen molar-refractivity contribution in [3.05, 3.63) is 96.1 Å². The molecule has 0 saturated heterocycles. The van der Waals surface area contributed by atoms with Crippen molar-refractivity contribution in [1.82, 2.24) is 20.2 Å². The van der Waals surface area contributed by atoms with Crippen molar-refractivity contribution in [1.29, 1.82) is 0 Å². The molecule has 2 aromatic heterocycles. The first-order valence-corrected chi connectivity index (χ1v) is 9.84. The minimum absolute atomic E-state index is 0.0470. The number of hydrogen-bond donors (Lipinski definition) is 1. The molecule has 0 fully saturated rings. The van der Waals surface area contributed by atoms with E-state index < -0.39 is 30.3 Å². The number of nitrogens with one attached hydrogen (secondary N) is 1. The Morgan fingerprint density at radius 1 is 0.970 bits per heavy atom. The van der Waals surface area contributed by atoms with Gasteiger partial charge in [-0.1, -0.05) is 30.3 Å². The SMILES string of the molecule is COC(=O)C(NC(=O)c1ccccc1)(N(Cc1cccnc1)Cc1ccccn1)C(F)(F)F. The Balaban J connectivity index is 2.14. The third-order valence-corrected chi connectivity index (χ3v) is 4.87. The number of esters is 1. The first-order chi connectivity index (χ1) is 15.8. The molecule has 0 aliphatic rings. The van der Waals surface area contributed by atoms with Crippen LogP contribution in [0.5, 0.6) is 0 Å². The van der Waals surface area contributed by atoms with E-state index in [0.29, 0.717) is 5.56 Å². The maximum atomic E-state index is 14.8. The summed E-state index contributed by atoms with van der Waals surface area (Å²) in [6.45, 7) is -0.798. The number of halogens is 3. The van der Waals surface area contributed by atoms with Gasteiger partial charge >= 0.3 is 12.1 Å². The molecule has 1 N–H and O–H groups in total. The van der Waals surface area contributed by atoms with Crippen LogP contribution in [0.4, 0.5) is 13.2 Å². The van der Waals surface area contributed by atoms with Crippen LogP contribution in [-0.2, 0) is 22.6 Å². The molecule has 3 aromatic rings. The molecule has 10 heteroatoms. The summed E-state index contributed by atoms with van der Waals surface area (Å²) >= 11 is 0. The molecule has 172 valence electrons. The molecule has 0 aliphatic heterocycles. The van der Waals surface area contributed by atoms with Crippen molar-refractivity contribution in [2.24, 2.45) is 0 Å². The van der Waals surface area contributed by atoms with Gasteiger partial charge in [-0.15, -0.1) is 0 Å². The maximum absolute atomic E-state index is 14.8. The molecule has 1 unspecified atom stereocenters. The van der Waals surface area contributed by atoms with Crippen LogP contribution in [0.25, 0.3) is 0 Å². The number of hydrogen-bond acceptors (Lipinski definition) is 6. The molecule has 1 amide bonds. The van der Waals surface area contributed by atoms with Crippen molar-refractivity contribution in [2.75, 3.05) is 7.11 Å². The highest BCUT2D eigenvalue weighted by molar-refractivity contribution is 5.98. The quantitative estimate of drug-likeness (QED) is 0.412. The van der Waals surface area contributed by atoms with Gasteiger partial charge in [-0.05, 0) is 35.9 Å². The zero-order valence-electron chi connectivity index (χ0n) is 17.6. The van der Waals surface area contributed by atoms with E-state index in [2.05, 4.69) is 14.7 Å². The van der Waals surface area contributed by atoms with Crippen molar-refractivity contribution in [2.45, 2.75) is 24.9 Å². The summed E-state index contributed by atoms with van der Waals surface area (Å²) in [7, 11) is 0.834. The van der Waals surface area contributed by atoms with E-state index in [1.165, 1.54) is 48.9 Å². The number of alkyl halides is 3. The zero-order chi connectivity index (χ0) is 23.9. The van der Waals surface area contributed by atoms with Gasteiger partial charge in [0.05, 0.1) is 12.8 Å². The molecular weight excluding hydrogens is 437 g/mol. The maximum Gasteiger partial charge on any atom is 0.436 e. The molecule has 1 atom stereocenters.